The fourth-order valence-corrected chi connectivity index (χ4v) is 2.60. The Morgan fingerprint density at radius 3 is 2.95 bits per heavy atom. The molecule has 0 atom stereocenters. The topological polar surface area (TPSA) is 61.3 Å². The number of aromatic nitrogens is 1. The summed E-state index contributed by atoms with van der Waals surface area (Å²) < 4.78 is 12.3. The summed E-state index contributed by atoms with van der Waals surface area (Å²) in [6.45, 7) is 2.55. The quantitative estimate of drug-likeness (QED) is 0.722. The van der Waals surface area contributed by atoms with Gasteiger partial charge in [-0.3, -0.25) is 0 Å². The highest BCUT2D eigenvalue weighted by Gasteiger charge is 2.10. The van der Waals surface area contributed by atoms with Gasteiger partial charge in [0.15, 0.2) is 11.5 Å². The summed E-state index contributed by atoms with van der Waals surface area (Å²) in [6, 6.07) is 11.6. The Morgan fingerprint density at radius 2 is 2.14 bits per heavy atom. The molecule has 0 amide bonds. The fraction of sp³-hybridized carbons (Fsp3) is 0.188. The monoisotopic (exact) mass is 346 g/mol. The molecule has 2 aromatic carbocycles. The van der Waals surface area contributed by atoms with Crippen LogP contribution in [-0.4, -0.2) is 11.6 Å². The molecular weight excluding hydrogens is 332 g/mol. The summed E-state index contributed by atoms with van der Waals surface area (Å²) in [4.78, 5) is 4.43. The third kappa shape index (κ3) is 3.19. The first-order valence-electron chi connectivity index (χ1n) is 6.66. The number of ether oxygens (including phenoxy) is 1. The minimum absolute atomic E-state index is 0.511. The summed E-state index contributed by atoms with van der Waals surface area (Å²) in [5, 5.41) is 0. The highest BCUT2D eigenvalue weighted by Crippen LogP contribution is 2.27. The molecule has 0 aliphatic rings. The number of rotatable bonds is 4. The van der Waals surface area contributed by atoms with E-state index in [4.69, 9.17) is 14.9 Å². The summed E-state index contributed by atoms with van der Waals surface area (Å²) in [5.41, 5.74) is 9.05. The van der Waals surface area contributed by atoms with Gasteiger partial charge in [-0.2, -0.15) is 0 Å². The first-order chi connectivity index (χ1) is 10.1. The van der Waals surface area contributed by atoms with Crippen molar-refractivity contribution in [3.8, 4) is 5.75 Å². The molecule has 0 radical (unpaired) electrons. The summed E-state index contributed by atoms with van der Waals surface area (Å²) >= 11 is 3.40. The number of aryl methyl sites for hydroxylation is 1. The second-order valence-electron chi connectivity index (χ2n) is 4.87. The third-order valence-electron chi connectivity index (χ3n) is 3.10. The molecule has 3 aromatic rings. The smallest absolute Gasteiger partial charge is 0.199 e. The van der Waals surface area contributed by atoms with Gasteiger partial charge >= 0.3 is 0 Å². The molecule has 0 saturated carbocycles. The lowest BCUT2D eigenvalue weighted by atomic mass is 10.2. The van der Waals surface area contributed by atoms with Gasteiger partial charge in [-0.25, -0.2) is 4.98 Å². The summed E-state index contributed by atoms with van der Waals surface area (Å²) in [6.07, 6.45) is 0.597. The molecule has 0 saturated heterocycles. The first kappa shape index (κ1) is 13.9. The molecule has 1 heterocycles. The zero-order chi connectivity index (χ0) is 14.8. The van der Waals surface area contributed by atoms with E-state index in [0.717, 1.165) is 15.7 Å². The van der Waals surface area contributed by atoms with Gasteiger partial charge in [0.1, 0.15) is 11.3 Å². The summed E-state index contributed by atoms with van der Waals surface area (Å²) in [7, 11) is 0. The van der Waals surface area contributed by atoms with Crippen molar-refractivity contribution in [3.05, 3.63) is 52.3 Å². The van der Waals surface area contributed by atoms with Gasteiger partial charge < -0.3 is 14.9 Å². The van der Waals surface area contributed by atoms with Crippen LogP contribution in [0.15, 0.2) is 45.3 Å². The van der Waals surface area contributed by atoms with Crippen LogP contribution in [0.3, 0.4) is 0 Å². The molecule has 0 aliphatic carbocycles. The minimum atomic E-state index is 0.511. The maximum absolute atomic E-state index is 5.91. The fourth-order valence-electron chi connectivity index (χ4n) is 2.14. The van der Waals surface area contributed by atoms with Crippen molar-refractivity contribution < 1.29 is 9.15 Å². The molecule has 21 heavy (non-hydrogen) atoms. The molecule has 1 aromatic heterocycles. The van der Waals surface area contributed by atoms with E-state index in [1.54, 1.807) is 6.07 Å². The van der Waals surface area contributed by atoms with E-state index in [0.29, 0.717) is 30.2 Å². The molecule has 108 valence electrons. The predicted molar refractivity (Wildman–Crippen MR) is 86.5 cm³/mol. The predicted octanol–water partition coefficient (Wildman–Crippen LogP) is 4.10. The highest BCUT2D eigenvalue weighted by atomic mass is 79.9. The van der Waals surface area contributed by atoms with E-state index in [1.165, 1.54) is 5.56 Å². The molecule has 0 bridgehead atoms. The number of nitrogens with zero attached hydrogens (tertiary/aromatic N) is 1. The van der Waals surface area contributed by atoms with E-state index >= 15 is 0 Å². The molecule has 4 nitrogen and oxygen atoms in total. The Labute approximate surface area is 131 Å². The van der Waals surface area contributed by atoms with Crippen LogP contribution in [0.4, 0.5) is 5.69 Å². The number of nitrogens with two attached hydrogens (primary N) is 1. The van der Waals surface area contributed by atoms with Gasteiger partial charge in [0, 0.05) is 4.47 Å². The molecular formula is C16H15BrN2O2. The van der Waals surface area contributed by atoms with Crippen LogP contribution >= 0.6 is 15.9 Å². The zero-order valence-corrected chi connectivity index (χ0v) is 13.2. The summed E-state index contributed by atoms with van der Waals surface area (Å²) in [5.74, 6) is 1.48. The normalized spacial score (nSPS) is 11.0. The number of anilines is 1. The highest BCUT2D eigenvalue weighted by molar-refractivity contribution is 9.10. The Bertz CT molecular complexity index is 783. The van der Waals surface area contributed by atoms with Crippen LogP contribution in [0.2, 0.25) is 0 Å². The Morgan fingerprint density at radius 1 is 1.29 bits per heavy atom. The van der Waals surface area contributed by atoms with Gasteiger partial charge in [0.25, 0.3) is 0 Å². The van der Waals surface area contributed by atoms with Crippen molar-refractivity contribution >= 4 is 32.7 Å². The van der Waals surface area contributed by atoms with E-state index in [1.807, 2.05) is 37.3 Å². The van der Waals surface area contributed by atoms with Crippen molar-refractivity contribution in [2.45, 2.75) is 13.3 Å². The maximum atomic E-state index is 5.91. The van der Waals surface area contributed by atoms with Gasteiger partial charge in [-0.1, -0.05) is 28.1 Å². The number of nitrogen functional groups attached to an aromatic ring is 1. The molecule has 0 fully saturated rings. The van der Waals surface area contributed by atoms with Crippen molar-refractivity contribution in [2.75, 3.05) is 12.3 Å². The molecule has 5 heteroatoms. The third-order valence-corrected chi connectivity index (χ3v) is 3.56. The number of fused-ring (bicyclic) bond motifs is 1. The van der Waals surface area contributed by atoms with E-state index in [-0.39, 0.29) is 0 Å². The van der Waals surface area contributed by atoms with E-state index in [2.05, 4.69) is 20.9 Å². The lowest BCUT2D eigenvalue weighted by molar-refractivity contribution is 0.308. The number of benzene rings is 2. The lowest BCUT2D eigenvalue weighted by Gasteiger charge is -2.04. The SMILES string of the molecule is Cc1cccc(OCCc2nc3cc(Br)cc(N)c3o2)c1. The second-order valence-corrected chi connectivity index (χ2v) is 5.78. The van der Waals surface area contributed by atoms with Crippen LogP contribution in [0.1, 0.15) is 11.5 Å². The average Bonchev–Trinajstić information content (AvgIpc) is 2.82. The Kier molecular flexibility index (Phi) is 3.84. The Hall–Kier alpha value is -2.01. The standard InChI is InChI=1S/C16H15BrN2O2/c1-10-3-2-4-12(7-10)20-6-5-15-19-14-9-11(17)8-13(18)16(14)21-15/h2-4,7-9H,5-6,18H2,1H3. The molecule has 0 spiro atoms. The van der Waals surface area contributed by atoms with Crippen molar-refractivity contribution in [2.24, 2.45) is 0 Å². The maximum Gasteiger partial charge on any atom is 0.199 e. The first-order valence-corrected chi connectivity index (χ1v) is 7.45. The van der Waals surface area contributed by atoms with Gasteiger partial charge in [-0.15, -0.1) is 0 Å². The lowest BCUT2D eigenvalue weighted by Crippen LogP contribution is -2.01. The number of hydrogen-bond donors (Lipinski definition) is 1. The van der Waals surface area contributed by atoms with Crippen LogP contribution in [0.5, 0.6) is 5.75 Å². The van der Waals surface area contributed by atoms with Gasteiger partial charge in [0.2, 0.25) is 0 Å². The number of hydrogen-bond acceptors (Lipinski definition) is 4. The van der Waals surface area contributed by atoms with E-state index < -0.39 is 0 Å². The molecule has 0 unspecified atom stereocenters. The van der Waals surface area contributed by atoms with Crippen molar-refractivity contribution in [1.29, 1.82) is 0 Å². The van der Waals surface area contributed by atoms with Gasteiger partial charge in [-0.05, 0) is 36.8 Å². The zero-order valence-electron chi connectivity index (χ0n) is 11.6. The molecule has 3 rings (SSSR count). The average molecular weight is 347 g/mol. The Balaban J connectivity index is 1.69. The van der Waals surface area contributed by atoms with Crippen LogP contribution in [-0.2, 0) is 6.42 Å². The largest absolute Gasteiger partial charge is 0.493 e. The van der Waals surface area contributed by atoms with Crippen LogP contribution in [0.25, 0.3) is 11.1 Å². The van der Waals surface area contributed by atoms with Gasteiger partial charge in [0.05, 0.1) is 18.7 Å². The van der Waals surface area contributed by atoms with Crippen LogP contribution < -0.4 is 10.5 Å². The number of oxazole rings is 1. The van der Waals surface area contributed by atoms with E-state index in [9.17, 15) is 0 Å². The van der Waals surface area contributed by atoms with Crippen molar-refractivity contribution in [3.63, 3.8) is 0 Å². The molecule has 2 N–H and O–H groups in total. The molecule has 0 aliphatic heterocycles. The van der Waals surface area contributed by atoms with Crippen LogP contribution in [0, 0.1) is 6.92 Å². The van der Waals surface area contributed by atoms with Crippen molar-refractivity contribution in [1.82, 2.24) is 4.98 Å². The second kappa shape index (κ2) is 5.77. The minimum Gasteiger partial charge on any atom is -0.493 e. The number of halogens is 1.